The van der Waals surface area contributed by atoms with E-state index in [2.05, 4.69) is 18.7 Å². The lowest BCUT2D eigenvalue weighted by Gasteiger charge is -2.34. The smallest absolute Gasteiger partial charge is 0.344 e. The summed E-state index contributed by atoms with van der Waals surface area (Å²) in [5.41, 5.74) is 0.104. The van der Waals surface area contributed by atoms with Gasteiger partial charge >= 0.3 is 5.97 Å². The molecule has 2 unspecified atom stereocenters. The minimum absolute atomic E-state index is 0.0831. The van der Waals surface area contributed by atoms with Gasteiger partial charge in [-0.05, 0) is 31.6 Å². The van der Waals surface area contributed by atoms with E-state index in [1.807, 2.05) is 6.92 Å². The summed E-state index contributed by atoms with van der Waals surface area (Å²) in [7, 11) is 0. The third-order valence-corrected chi connectivity index (χ3v) is 4.25. The molecule has 2 atom stereocenters. The molecule has 2 rings (SSSR count). The molecule has 2 aliphatic rings. The fourth-order valence-corrected chi connectivity index (χ4v) is 3.30. The minimum atomic E-state index is -0.524. The summed E-state index contributed by atoms with van der Waals surface area (Å²) in [4.78, 5) is 17.5. The van der Waals surface area contributed by atoms with E-state index in [4.69, 9.17) is 9.57 Å². The number of carbonyl (C=O) groups excluding carboxylic acids is 1. The lowest BCUT2D eigenvalue weighted by Crippen LogP contribution is -2.39. The summed E-state index contributed by atoms with van der Waals surface area (Å²) in [5, 5.41) is 14.4. The van der Waals surface area contributed by atoms with Gasteiger partial charge in [0.2, 0.25) is 0 Å². The highest BCUT2D eigenvalue weighted by Gasteiger charge is 2.47. The molecule has 1 aliphatic heterocycles. The van der Waals surface area contributed by atoms with Crippen LogP contribution in [0.15, 0.2) is 29.1 Å². The van der Waals surface area contributed by atoms with Crippen molar-refractivity contribution in [2.24, 2.45) is 11.1 Å². The van der Waals surface area contributed by atoms with Gasteiger partial charge in [-0.25, -0.2) is 4.79 Å². The maximum atomic E-state index is 12.4. The molecule has 1 saturated carbocycles. The number of aliphatic hydroxyl groups is 1. The summed E-state index contributed by atoms with van der Waals surface area (Å²) in [6, 6.07) is 0. The van der Waals surface area contributed by atoms with Crippen molar-refractivity contribution in [1.29, 1.82) is 0 Å². The second kappa shape index (κ2) is 6.99. The van der Waals surface area contributed by atoms with Crippen LogP contribution in [0.2, 0.25) is 0 Å². The number of nitrogens with zero attached hydrogens (tertiary/aromatic N) is 1. The Balaban J connectivity index is 2.24. The predicted molar refractivity (Wildman–Crippen MR) is 84.6 cm³/mol. The number of oxime groups is 1. The first-order valence-electron chi connectivity index (χ1n) is 7.97. The zero-order valence-corrected chi connectivity index (χ0v) is 13.4. The van der Waals surface area contributed by atoms with E-state index >= 15 is 0 Å². The molecule has 0 aromatic carbocycles. The van der Waals surface area contributed by atoms with Crippen molar-refractivity contribution >= 4 is 11.7 Å². The van der Waals surface area contributed by atoms with Gasteiger partial charge in [-0.2, -0.15) is 0 Å². The minimum Gasteiger partial charge on any atom is -0.511 e. The molecule has 0 saturated heterocycles. The molecule has 0 aromatic heterocycles. The molecule has 1 aliphatic carbocycles. The lowest BCUT2D eigenvalue weighted by molar-refractivity contribution is -0.157. The molecule has 122 valence electrons. The summed E-state index contributed by atoms with van der Waals surface area (Å²) in [6.45, 7) is 7.94. The van der Waals surface area contributed by atoms with Gasteiger partial charge in [-0.3, -0.25) is 0 Å². The van der Waals surface area contributed by atoms with E-state index < -0.39 is 11.6 Å². The number of hydrogen-bond donors (Lipinski definition) is 1. The van der Waals surface area contributed by atoms with Crippen LogP contribution in [0, 0.1) is 5.92 Å². The van der Waals surface area contributed by atoms with Crippen molar-refractivity contribution < 1.29 is 19.5 Å². The van der Waals surface area contributed by atoms with Gasteiger partial charge in [0, 0.05) is 6.42 Å². The third-order valence-electron chi connectivity index (χ3n) is 4.25. The molecular weight excluding hydrogens is 282 g/mol. The molecule has 0 radical (unpaired) electrons. The average Bonchev–Trinajstić information content (AvgIpc) is 2.78. The van der Waals surface area contributed by atoms with Crippen LogP contribution in [0.3, 0.4) is 0 Å². The number of esters is 1. The highest BCUT2D eigenvalue weighted by molar-refractivity contribution is 6.20. The fraction of sp³-hybridized carbons (Fsp3) is 0.647. The highest BCUT2D eigenvalue weighted by atomic mass is 16.6. The molecule has 0 aromatic rings. The Bertz CT molecular complexity index is 509. The highest BCUT2D eigenvalue weighted by Crippen LogP contribution is 2.44. The van der Waals surface area contributed by atoms with Gasteiger partial charge < -0.3 is 14.7 Å². The molecule has 5 heteroatoms. The molecule has 22 heavy (non-hydrogen) atoms. The molecule has 0 bridgehead atoms. The molecule has 1 spiro atoms. The van der Waals surface area contributed by atoms with Crippen LogP contribution in [0.5, 0.6) is 0 Å². The number of carbonyl (C=O) groups is 1. The summed E-state index contributed by atoms with van der Waals surface area (Å²) < 4.78 is 5.71. The Morgan fingerprint density at radius 3 is 2.95 bits per heavy atom. The van der Waals surface area contributed by atoms with E-state index in [9.17, 15) is 9.90 Å². The first-order valence-corrected chi connectivity index (χ1v) is 7.97. The van der Waals surface area contributed by atoms with Gasteiger partial charge in [0.05, 0.1) is 5.71 Å². The van der Waals surface area contributed by atoms with E-state index in [0.29, 0.717) is 24.5 Å². The number of hydrogen-bond acceptors (Lipinski definition) is 5. The lowest BCUT2D eigenvalue weighted by atomic mass is 9.89. The zero-order chi connectivity index (χ0) is 16.2. The van der Waals surface area contributed by atoms with Gasteiger partial charge in [-0.15, -0.1) is 0 Å². The molecular formula is C17H25NO4. The third kappa shape index (κ3) is 3.51. The van der Waals surface area contributed by atoms with Crippen molar-refractivity contribution in [2.75, 3.05) is 6.61 Å². The van der Waals surface area contributed by atoms with E-state index in [0.717, 1.165) is 25.7 Å². The summed E-state index contributed by atoms with van der Waals surface area (Å²) in [5.74, 6) is 0.119. The van der Waals surface area contributed by atoms with Crippen LogP contribution in [-0.2, 0) is 14.4 Å². The topological polar surface area (TPSA) is 68.1 Å². The molecule has 1 fully saturated rings. The second-order valence-electron chi connectivity index (χ2n) is 6.29. The maximum absolute atomic E-state index is 12.4. The quantitative estimate of drug-likeness (QED) is 0.267. The van der Waals surface area contributed by atoms with Crippen molar-refractivity contribution in [3.8, 4) is 0 Å². The molecule has 5 nitrogen and oxygen atoms in total. The predicted octanol–water partition coefficient (Wildman–Crippen LogP) is 3.66. The largest absolute Gasteiger partial charge is 0.511 e. The van der Waals surface area contributed by atoms with Crippen LogP contribution >= 0.6 is 0 Å². The van der Waals surface area contributed by atoms with Gasteiger partial charge in [0.1, 0.15) is 23.5 Å². The summed E-state index contributed by atoms with van der Waals surface area (Å²) in [6.07, 6.45) is 5.94. The van der Waals surface area contributed by atoms with Gasteiger partial charge in [0.25, 0.3) is 0 Å². The number of ether oxygens (including phenoxy) is 1. The molecule has 1 heterocycles. The fourth-order valence-electron chi connectivity index (χ4n) is 3.30. The van der Waals surface area contributed by atoms with E-state index in [1.54, 1.807) is 6.08 Å². The standard InChI is InChI=1S/C17H25NO4/c1-4-6-13(18-21-9-5-2)15-14(19)11-17(22-16(15)20)8-7-12(3)10-17/h5,12,19H,2,4,6-11H2,1,3H3. The Morgan fingerprint density at radius 1 is 1.64 bits per heavy atom. The normalized spacial score (nSPS) is 28.9. The van der Waals surface area contributed by atoms with E-state index in [1.165, 1.54) is 0 Å². The SMILES string of the molecule is C=CCON=C(CCC)C1=C(O)CC2(CCC(C)C2)OC1=O. The number of aliphatic hydroxyl groups excluding tert-OH is 1. The Morgan fingerprint density at radius 2 is 2.41 bits per heavy atom. The Labute approximate surface area is 131 Å². The summed E-state index contributed by atoms with van der Waals surface area (Å²) >= 11 is 0. The molecule has 1 N–H and O–H groups in total. The Hall–Kier alpha value is -1.78. The van der Waals surface area contributed by atoms with E-state index in [-0.39, 0.29) is 17.9 Å². The van der Waals surface area contributed by atoms with Crippen molar-refractivity contribution in [2.45, 2.75) is 58.0 Å². The van der Waals surface area contributed by atoms with Crippen LogP contribution in [0.4, 0.5) is 0 Å². The first-order chi connectivity index (χ1) is 10.5. The van der Waals surface area contributed by atoms with Crippen molar-refractivity contribution in [1.82, 2.24) is 0 Å². The van der Waals surface area contributed by atoms with Gasteiger partial charge in [0.15, 0.2) is 0 Å². The average molecular weight is 307 g/mol. The van der Waals surface area contributed by atoms with Crippen LogP contribution < -0.4 is 0 Å². The van der Waals surface area contributed by atoms with Crippen LogP contribution in [0.25, 0.3) is 0 Å². The van der Waals surface area contributed by atoms with Gasteiger partial charge in [-0.1, -0.05) is 38.1 Å². The maximum Gasteiger partial charge on any atom is 0.344 e. The van der Waals surface area contributed by atoms with Crippen molar-refractivity contribution in [3.05, 3.63) is 24.0 Å². The number of rotatable bonds is 6. The molecule has 0 amide bonds. The second-order valence-corrected chi connectivity index (χ2v) is 6.29. The Kier molecular flexibility index (Phi) is 5.27. The first kappa shape index (κ1) is 16.6. The zero-order valence-electron chi connectivity index (χ0n) is 13.4. The van der Waals surface area contributed by atoms with Crippen LogP contribution in [-0.4, -0.2) is 29.0 Å². The van der Waals surface area contributed by atoms with Crippen molar-refractivity contribution in [3.63, 3.8) is 0 Å². The monoisotopic (exact) mass is 307 g/mol. The van der Waals surface area contributed by atoms with Crippen LogP contribution in [0.1, 0.15) is 52.4 Å².